The van der Waals surface area contributed by atoms with Crippen molar-refractivity contribution >= 4 is 30.2 Å². The van der Waals surface area contributed by atoms with E-state index in [4.69, 9.17) is 13.2 Å². The van der Waals surface area contributed by atoms with Gasteiger partial charge in [0, 0.05) is 6.08 Å². The molecule has 0 aliphatic carbocycles. The highest BCUT2D eigenvalue weighted by atomic mass is 31.2. The lowest BCUT2D eigenvalue weighted by atomic mass is 10.6. The Balaban J connectivity index is 4.72. The summed E-state index contributed by atoms with van der Waals surface area (Å²) < 4.78 is 29.0. The molecule has 0 N–H and O–H groups in total. The molecule has 0 saturated carbocycles. The number of ether oxygens (including phenoxy) is 1. The van der Waals surface area contributed by atoms with Crippen LogP contribution in [0.2, 0.25) is 39.3 Å². The van der Waals surface area contributed by atoms with Crippen molar-refractivity contribution in [3.05, 3.63) is 12.7 Å². The maximum absolute atomic E-state index is 12.7. The van der Waals surface area contributed by atoms with Crippen LogP contribution in [0.4, 0.5) is 0 Å². The molecule has 0 amide bonds. The number of hydrogen-bond donors (Lipinski definition) is 0. The first-order valence-corrected chi connectivity index (χ1v) is 14.7. The van der Waals surface area contributed by atoms with Gasteiger partial charge in [0.05, 0.1) is 6.16 Å². The van der Waals surface area contributed by atoms with Gasteiger partial charge in [-0.3, -0.25) is 4.57 Å². The zero-order valence-corrected chi connectivity index (χ0v) is 15.6. The van der Waals surface area contributed by atoms with Crippen LogP contribution in [0, 0.1) is 0 Å². The zero-order valence-electron chi connectivity index (χ0n) is 12.7. The number of esters is 1. The highest BCUT2D eigenvalue weighted by Gasteiger charge is 2.36. The third-order valence-corrected chi connectivity index (χ3v) is 8.94. The van der Waals surface area contributed by atoms with E-state index in [9.17, 15) is 9.36 Å². The van der Waals surface area contributed by atoms with Gasteiger partial charge < -0.3 is 13.2 Å². The van der Waals surface area contributed by atoms with Crippen LogP contribution in [0.25, 0.3) is 0 Å². The molecule has 0 aromatic carbocycles. The summed E-state index contributed by atoms with van der Waals surface area (Å²) in [4.78, 5) is 11.0. The van der Waals surface area contributed by atoms with Crippen LogP contribution in [0.5, 0.6) is 0 Å². The molecule has 0 unspecified atom stereocenters. The Morgan fingerprint density at radius 3 is 1.84 bits per heavy atom. The Morgan fingerprint density at radius 1 is 1.11 bits per heavy atom. The highest BCUT2D eigenvalue weighted by molar-refractivity contribution is 7.57. The van der Waals surface area contributed by atoms with Crippen molar-refractivity contribution in [1.82, 2.24) is 0 Å². The molecule has 0 spiro atoms. The molecule has 0 rings (SSSR count). The standard InChI is InChI=1S/C11H25O5PSi2/c1-8-11(12)14-9-10-17(13,15-18(2,3)4)16-19(5,6)7/h8H,1,9-10H2,2-7H3. The molecule has 0 aliphatic rings. The van der Waals surface area contributed by atoms with E-state index in [2.05, 4.69) is 6.58 Å². The van der Waals surface area contributed by atoms with Crippen molar-refractivity contribution in [3.63, 3.8) is 0 Å². The van der Waals surface area contributed by atoms with Crippen molar-refractivity contribution < 1.29 is 22.5 Å². The molecule has 0 aromatic rings. The van der Waals surface area contributed by atoms with Crippen LogP contribution in [0.15, 0.2) is 12.7 Å². The monoisotopic (exact) mass is 324 g/mol. The van der Waals surface area contributed by atoms with E-state index in [-0.39, 0.29) is 12.8 Å². The lowest BCUT2D eigenvalue weighted by molar-refractivity contribution is -0.137. The minimum absolute atomic E-state index is 0.0110. The van der Waals surface area contributed by atoms with Crippen LogP contribution in [-0.2, 0) is 22.5 Å². The molecule has 0 aliphatic heterocycles. The third-order valence-electron chi connectivity index (χ3n) is 1.60. The minimum Gasteiger partial charge on any atom is -0.462 e. The Morgan fingerprint density at radius 2 is 1.53 bits per heavy atom. The predicted octanol–water partition coefficient (Wildman–Crippen LogP) is 3.61. The van der Waals surface area contributed by atoms with Gasteiger partial charge in [0.1, 0.15) is 6.61 Å². The molecule has 0 atom stereocenters. The quantitative estimate of drug-likeness (QED) is 0.295. The largest absolute Gasteiger partial charge is 0.462 e. The summed E-state index contributed by atoms with van der Waals surface area (Å²) in [5.41, 5.74) is 0. The van der Waals surface area contributed by atoms with E-state index in [0.717, 1.165) is 6.08 Å². The maximum atomic E-state index is 12.7. The van der Waals surface area contributed by atoms with E-state index in [1.807, 2.05) is 39.3 Å². The molecular formula is C11H25O5PSi2. The van der Waals surface area contributed by atoms with E-state index < -0.39 is 30.2 Å². The van der Waals surface area contributed by atoms with Gasteiger partial charge in [0.2, 0.25) is 0 Å². The van der Waals surface area contributed by atoms with Crippen LogP contribution in [0.3, 0.4) is 0 Å². The van der Waals surface area contributed by atoms with E-state index in [1.165, 1.54) is 0 Å². The van der Waals surface area contributed by atoms with Gasteiger partial charge in [0.25, 0.3) is 0 Å². The van der Waals surface area contributed by atoms with Crippen LogP contribution >= 0.6 is 7.60 Å². The van der Waals surface area contributed by atoms with Crippen LogP contribution < -0.4 is 0 Å². The highest BCUT2D eigenvalue weighted by Crippen LogP contribution is 2.52. The van der Waals surface area contributed by atoms with E-state index in [1.54, 1.807) is 0 Å². The van der Waals surface area contributed by atoms with Gasteiger partial charge in [-0.2, -0.15) is 0 Å². The fourth-order valence-electron chi connectivity index (χ4n) is 1.26. The Labute approximate surface area is 118 Å². The number of carbonyl (C=O) groups excluding carboxylic acids is 1. The fraction of sp³-hybridized carbons (Fsp3) is 0.727. The molecule has 19 heavy (non-hydrogen) atoms. The molecule has 112 valence electrons. The molecule has 0 fully saturated rings. The zero-order chi connectivity index (χ0) is 15.3. The van der Waals surface area contributed by atoms with Gasteiger partial charge in [-0.25, -0.2) is 4.79 Å². The summed E-state index contributed by atoms with van der Waals surface area (Å²) in [7, 11) is -7.23. The molecule has 0 radical (unpaired) electrons. The average molecular weight is 324 g/mol. The summed E-state index contributed by atoms with van der Waals surface area (Å²) in [6.45, 7) is 15.0. The van der Waals surface area contributed by atoms with Crippen molar-refractivity contribution in [3.8, 4) is 0 Å². The number of hydrogen-bond acceptors (Lipinski definition) is 5. The summed E-state index contributed by atoms with van der Waals surface area (Å²) in [5.74, 6) is -0.535. The molecule has 5 nitrogen and oxygen atoms in total. The second-order valence-corrected chi connectivity index (χ2v) is 17.7. The van der Waals surface area contributed by atoms with Crippen molar-refractivity contribution in [2.24, 2.45) is 0 Å². The molecule has 0 bridgehead atoms. The Bertz CT molecular complexity index is 350. The van der Waals surface area contributed by atoms with Gasteiger partial charge in [-0.15, -0.1) is 0 Å². The smallest absolute Gasteiger partial charge is 0.330 e. The number of rotatable bonds is 8. The van der Waals surface area contributed by atoms with E-state index >= 15 is 0 Å². The molecule has 8 heteroatoms. The molecule has 0 heterocycles. The average Bonchev–Trinajstić information content (AvgIpc) is 2.10. The van der Waals surface area contributed by atoms with Crippen LogP contribution in [0.1, 0.15) is 0 Å². The fourth-order valence-corrected chi connectivity index (χ4v) is 9.47. The normalized spacial score (nSPS) is 13.2. The lowest BCUT2D eigenvalue weighted by Gasteiger charge is -2.30. The lowest BCUT2D eigenvalue weighted by Crippen LogP contribution is -2.31. The second-order valence-electron chi connectivity index (χ2n) is 6.11. The van der Waals surface area contributed by atoms with E-state index in [0.29, 0.717) is 0 Å². The van der Waals surface area contributed by atoms with Gasteiger partial charge in [-0.05, 0) is 39.3 Å². The Kier molecular flexibility index (Phi) is 6.91. The first-order chi connectivity index (χ1) is 8.37. The van der Waals surface area contributed by atoms with Crippen molar-refractivity contribution in [1.29, 1.82) is 0 Å². The molecule has 0 saturated heterocycles. The maximum Gasteiger partial charge on any atom is 0.330 e. The number of carbonyl (C=O) groups is 1. The third kappa shape index (κ3) is 10.3. The minimum atomic E-state index is -3.22. The molecule has 0 aromatic heterocycles. The summed E-state index contributed by atoms with van der Waals surface area (Å²) in [5, 5.41) is 0. The Hall–Kier alpha value is -0.206. The van der Waals surface area contributed by atoms with Crippen molar-refractivity contribution in [2.45, 2.75) is 39.3 Å². The summed E-state index contributed by atoms with van der Waals surface area (Å²) in [6, 6.07) is 0. The van der Waals surface area contributed by atoms with Gasteiger partial charge >= 0.3 is 13.6 Å². The summed E-state index contributed by atoms with van der Waals surface area (Å²) in [6.07, 6.45) is 1.16. The second kappa shape index (κ2) is 6.99. The van der Waals surface area contributed by atoms with Gasteiger partial charge in [-0.1, -0.05) is 6.58 Å². The predicted molar refractivity (Wildman–Crippen MR) is 82.5 cm³/mol. The first-order valence-electron chi connectivity index (χ1n) is 6.17. The van der Waals surface area contributed by atoms with Gasteiger partial charge in [0.15, 0.2) is 16.6 Å². The van der Waals surface area contributed by atoms with Crippen molar-refractivity contribution in [2.75, 3.05) is 12.8 Å². The topological polar surface area (TPSA) is 61.8 Å². The first kappa shape index (κ1) is 18.8. The summed E-state index contributed by atoms with van der Waals surface area (Å²) >= 11 is 0. The SMILES string of the molecule is C=CC(=O)OCCP(=O)(O[Si](C)(C)C)O[Si](C)(C)C. The molecular weight excluding hydrogens is 299 g/mol. The van der Waals surface area contributed by atoms with Crippen LogP contribution in [-0.4, -0.2) is 35.4 Å².